The molecule has 0 radical (unpaired) electrons. The Hall–Kier alpha value is -1.93. The molecule has 1 rings (SSSR count). The molecular formula is C15H22N2O3. The van der Waals surface area contributed by atoms with Crippen LogP contribution >= 0.6 is 0 Å². The van der Waals surface area contributed by atoms with Gasteiger partial charge in [0.25, 0.3) is 0 Å². The van der Waals surface area contributed by atoms with Gasteiger partial charge in [-0.1, -0.05) is 13.0 Å². The van der Waals surface area contributed by atoms with Crippen LogP contribution in [-0.4, -0.2) is 33.4 Å². The van der Waals surface area contributed by atoms with E-state index in [0.29, 0.717) is 30.3 Å². The minimum absolute atomic E-state index is 0.198. The Labute approximate surface area is 120 Å². The zero-order chi connectivity index (χ0) is 14.8. The molecule has 0 heterocycles. The average Bonchev–Trinajstić information content (AvgIpc) is 2.50. The molecule has 5 nitrogen and oxygen atoms in total. The Morgan fingerprint density at radius 3 is 2.40 bits per heavy atom. The lowest BCUT2D eigenvalue weighted by Crippen LogP contribution is -2.29. The quantitative estimate of drug-likeness (QED) is 0.751. The fourth-order valence-electron chi connectivity index (χ4n) is 1.77. The second-order valence-electron chi connectivity index (χ2n) is 4.26. The summed E-state index contributed by atoms with van der Waals surface area (Å²) in [5.41, 5.74) is 0. The molecular weight excluding hydrogens is 256 g/mol. The Morgan fingerprint density at radius 2 is 1.90 bits per heavy atom. The summed E-state index contributed by atoms with van der Waals surface area (Å²) in [6.45, 7) is 3.32. The molecule has 1 unspecified atom stereocenters. The van der Waals surface area contributed by atoms with Gasteiger partial charge < -0.3 is 19.5 Å². The summed E-state index contributed by atoms with van der Waals surface area (Å²) in [6.07, 6.45) is 1.61. The van der Waals surface area contributed by atoms with Crippen LogP contribution in [-0.2, 0) is 0 Å². The molecule has 0 saturated carbocycles. The molecule has 1 aromatic carbocycles. The van der Waals surface area contributed by atoms with Gasteiger partial charge in [0.1, 0.15) is 0 Å². The van der Waals surface area contributed by atoms with Crippen molar-refractivity contribution in [2.24, 2.45) is 0 Å². The van der Waals surface area contributed by atoms with Gasteiger partial charge in [-0.25, -0.2) is 0 Å². The van der Waals surface area contributed by atoms with Crippen molar-refractivity contribution in [2.75, 3.05) is 27.4 Å². The van der Waals surface area contributed by atoms with Crippen molar-refractivity contribution < 1.29 is 14.2 Å². The van der Waals surface area contributed by atoms with Crippen LogP contribution in [0.3, 0.4) is 0 Å². The van der Waals surface area contributed by atoms with Crippen LogP contribution < -0.4 is 19.5 Å². The van der Waals surface area contributed by atoms with E-state index in [1.165, 1.54) is 0 Å². The number of methoxy groups -OCH3 is 2. The minimum Gasteiger partial charge on any atom is -0.493 e. The molecule has 0 aliphatic rings. The van der Waals surface area contributed by atoms with E-state index in [0.717, 1.165) is 13.0 Å². The van der Waals surface area contributed by atoms with Crippen molar-refractivity contribution >= 4 is 0 Å². The molecule has 0 aliphatic carbocycles. The Morgan fingerprint density at radius 1 is 1.25 bits per heavy atom. The molecule has 0 bridgehead atoms. The van der Waals surface area contributed by atoms with Gasteiger partial charge in [0.2, 0.25) is 5.75 Å². The zero-order valence-electron chi connectivity index (χ0n) is 12.3. The van der Waals surface area contributed by atoms with E-state index in [4.69, 9.17) is 19.5 Å². The van der Waals surface area contributed by atoms with Gasteiger partial charge in [-0.3, -0.25) is 0 Å². The molecule has 0 fully saturated rings. The predicted octanol–water partition coefficient (Wildman–Crippen LogP) is 2.36. The number of benzene rings is 1. The molecule has 0 aliphatic heterocycles. The summed E-state index contributed by atoms with van der Waals surface area (Å²) in [7, 11) is 3.17. The van der Waals surface area contributed by atoms with E-state index in [9.17, 15) is 0 Å². The van der Waals surface area contributed by atoms with E-state index >= 15 is 0 Å². The molecule has 20 heavy (non-hydrogen) atoms. The van der Waals surface area contributed by atoms with Crippen LogP contribution in [0.5, 0.6) is 17.2 Å². The monoisotopic (exact) mass is 278 g/mol. The van der Waals surface area contributed by atoms with Gasteiger partial charge >= 0.3 is 0 Å². The molecule has 1 N–H and O–H groups in total. The standard InChI is InChI=1S/C15H22N2O3/c1-4-9-17-12(11-16)8-10-20-15-13(18-2)6-5-7-14(15)19-3/h5-7,12,17H,4,8-10H2,1-3H3. The first-order valence-corrected chi connectivity index (χ1v) is 6.73. The van der Waals surface area contributed by atoms with Gasteiger partial charge in [0.05, 0.1) is 32.9 Å². The van der Waals surface area contributed by atoms with Crippen LogP contribution in [0, 0.1) is 11.3 Å². The van der Waals surface area contributed by atoms with Crippen LogP contribution in [0.1, 0.15) is 19.8 Å². The molecule has 110 valence electrons. The van der Waals surface area contributed by atoms with Crippen molar-refractivity contribution in [1.29, 1.82) is 5.26 Å². The number of hydrogen-bond acceptors (Lipinski definition) is 5. The maximum absolute atomic E-state index is 9.03. The van der Waals surface area contributed by atoms with E-state index in [-0.39, 0.29) is 6.04 Å². The fraction of sp³-hybridized carbons (Fsp3) is 0.533. The predicted molar refractivity (Wildman–Crippen MR) is 77.4 cm³/mol. The summed E-state index contributed by atoms with van der Waals surface area (Å²) in [5, 5.41) is 12.2. The first-order valence-electron chi connectivity index (χ1n) is 6.73. The topological polar surface area (TPSA) is 63.5 Å². The molecule has 0 saturated heterocycles. The second-order valence-corrected chi connectivity index (χ2v) is 4.26. The Balaban J connectivity index is 2.59. The number of nitrogens with one attached hydrogen (secondary N) is 1. The highest BCUT2D eigenvalue weighted by Gasteiger charge is 2.12. The summed E-state index contributed by atoms with van der Waals surface area (Å²) < 4.78 is 16.2. The lowest BCUT2D eigenvalue weighted by Gasteiger charge is -2.15. The first-order chi connectivity index (χ1) is 9.76. The largest absolute Gasteiger partial charge is 0.493 e. The van der Waals surface area contributed by atoms with Crippen molar-refractivity contribution in [3.8, 4) is 23.3 Å². The SMILES string of the molecule is CCCNC(C#N)CCOc1c(OC)cccc1OC. The summed E-state index contributed by atoms with van der Waals surface area (Å²) >= 11 is 0. The minimum atomic E-state index is -0.198. The average molecular weight is 278 g/mol. The second kappa shape index (κ2) is 9.05. The molecule has 5 heteroatoms. The van der Waals surface area contributed by atoms with Gasteiger partial charge in [-0.2, -0.15) is 5.26 Å². The van der Waals surface area contributed by atoms with Gasteiger partial charge in [0.15, 0.2) is 11.5 Å². The van der Waals surface area contributed by atoms with Crippen molar-refractivity contribution in [3.63, 3.8) is 0 Å². The maximum atomic E-state index is 9.03. The first kappa shape index (κ1) is 16.1. The molecule has 0 amide bonds. The van der Waals surface area contributed by atoms with Crippen molar-refractivity contribution in [1.82, 2.24) is 5.32 Å². The number of nitrogens with zero attached hydrogens (tertiary/aromatic N) is 1. The van der Waals surface area contributed by atoms with E-state index in [1.54, 1.807) is 14.2 Å². The van der Waals surface area contributed by atoms with Gasteiger partial charge in [0, 0.05) is 6.42 Å². The number of hydrogen-bond donors (Lipinski definition) is 1. The Kier molecular flexibility index (Phi) is 7.30. The third-order valence-corrected chi connectivity index (χ3v) is 2.83. The van der Waals surface area contributed by atoms with E-state index in [1.807, 2.05) is 18.2 Å². The van der Waals surface area contributed by atoms with Crippen LogP contribution in [0.4, 0.5) is 0 Å². The number of ether oxygens (including phenoxy) is 3. The van der Waals surface area contributed by atoms with Crippen LogP contribution in [0.25, 0.3) is 0 Å². The van der Waals surface area contributed by atoms with E-state index in [2.05, 4.69) is 18.3 Å². The molecule has 1 atom stereocenters. The van der Waals surface area contributed by atoms with Crippen molar-refractivity contribution in [3.05, 3.63) is 18.2 Å². The van der Waals surface area contributed by atoms with Gasteiger partial charge in [-0.15, -0.1) is 0 Å². The van der Waals surface area contributed by atoms with Gasteiger partial charge in [-0.05, 0) is 25.1 Å². The van der Waals surface area contributed by atoms with E-state index < -0.39 is 0 Å². The van der Waals surface area contributed by atoms with Crippen molar-refractivity contribution in [2.45, 2.75) is 25.8 Å². The highest BCUT2D eigenvalue weighted by Crippen LogP contribution is 2.36. The summed E-state index contributed by atoms with van der Waals surface area (Å²) in [6, 6.07) is 7.50. The highest BCUT2D eigenvalue weighted by molar-refractivity contribution is 5.51. The smallest absolute Gasteiger partial charge is 0.203 e. The molecule has 0 spiro atoms. The number of para-hydroxylation sites is 1. The maximum Gasteiger partial charge on any atom is 0.203 e. The summed E-state index contributed by atoms with van der Waals surface area (Å²) in [4.78, 5) is 0. The highest BCUT2D eigenvalue weighted by atomic mass is 16.5. The lowest BCUT2D eigenvalue weighted by atomic mass is 10.2. The number of nitriles is 1. The normalized spacial score (nSPS) is 11.5. The Bertz CT molecular complexity index is 421. The number of rotatable bonds is 9. The summed E-state index contributed by atoms with van der Waals surface area (Å²) in [5.74, 6) is 1.82. The zero-order valence-corrected chi connectivity index (χ0v) is 12.3. The molecule has 1 aromatic rings. The van der Waals surface area contributed by atoms with Crippen LogP contribution in [0.2, 0.25) is 0 Å². The third kappa shape index (κ3) is 4.63. The lowest BCUT2D eigenvalue weighted by molar-refractivity contribution is 0.263. The van der Waals surface area contributed by atoms with Crippen LogP contribution in [0.15, 0.2) is 18.2 Å². The molecule has 0 aromatic heterocycles. The fourth-order valence-corrected chi connectivity index (χ4v) is 1.77. The third-order valence-electron chi connectivity index (χ3n) is 2.83.